The van der Waals surface area contributed by atoms with Crippen molar-refractivity contribution in [1.29, 1.82) is 0 Å². The van der Waals surface area contributed by atoms with Gasteiger partial charge >= 0.3 is 0 Å². The summed E-state index contributed by atoms with van der Waals surface area (Å²) in [7, 11) is 0. The second kappa shape index (κ2) is 4.91. The molecule has 0 radical (unpaired) electrons. The molecule has 1 fully saturated rings. The van der Waals surface area contributed by atoms with Crippen molar-refractivity contribution in [2.45, 2.75) is 25.2 Å². The number of fused-ring (bicyclic) bond motifs is 1. The minimum atomic E-state index is -0.260. The third-order valence-corrected chi connectivity index (χ3v) is 3.55. The highest BCUT2D eigenvalue weighted by Gasteiger charge is 2.31. The Bertz CT molecular complexity index is 511. The Hall–Kier alpha value is -2.04. The highest BCUT2D eigenvalue weighted by atomic mass is 16.7. The summed E-state index contributed by atoms with van der Waals surface area (Å²) in [4.78, 5) is 28.5. The fraction of sp³-hybridized carbons (Fsp3) is 0.429. The van der Waals surface area contributed by atoms with Crippen molar-refractivity contribution < 1.29 is 14.4 Å². The maximum atomic E-state index is 11.8. The molecule has 1 saturated carbocycles. The molecule has 2 aliphatic rings. The van der Waals surface area contributed by atoms with Gasteiger partial charge in [-0.15, -0.1) is 0 Å². The Kier molecular flexibility index (Phi) is 3.11. The van der Waals surface area contributed by atoms with Gasteiger partial charge in [0, 0.05) is 18.0 Å². The van der Waals surface area contributed by atoms with Crippen LogP contribution in [0, 0.1) is 5.92 Å². The number of rotatable bonds is 4. The van der Waals surface area contributed by atoms with Crippen LogP contribution in [0.5, 0.6) is 5.75 Å². The molecule has 0 bridgehead atoms. The second-order valence-corrected chi connectivity index (χ2v) is 5.01. The lowest BCUT2D eigenvalue weighted by Gasteiger charge is -2.24. The molecule has 1 aromatic carbocycles. The van der Waals surface area contributed by atoms with E-state index < -0.39 is 0 Å². The lowest BCUT2D eigenvalue weighted by Crippen LogP contribution is -2.38. The quantitative estimate of drug-likeness (QED) is 0.852. The van der Waals surface area contributed by atoms with Gasteiger partial charge in [-0.05, 0) is 25.3 Å². The fourth-order valence-electron chi connectivity index (χ4n) is 2.30. The normalized spacial score (nSPS) is 21.1. The van der Waals surface area contributed by atoms with Crippen molar-refractivity contribution in [3.8, 4) is 5.75 Å². The van der Waals surface area contributed by atoms with Crippen molar-refractivity contribution in [2.75, 3.05) is 6.54 Å². The summed E-state index contributed by atoms with van der Waals surface area (Å²) in [6, 6.07) is 7.46. The molecule has 1 atom stereocenters. The molecule has 1 aliphatic carbocycles. The van der Waals surface area contributed by atoms with Gasteiger partial charge in [0.15, 0.2) is 5.75 Å². The van der Waals surface area contributed by atoms with Crippen LogP contribution in [0.2, 0.25) is 0 Å². The molecular formula is C14H16N2O3. The molecule has 0 aromatic heterocycles. The number of amides is 2. The van der Waals surface area contributed by atoms with Crippen LogP contribution in [-0.4, -0.2) is 18.4 Å². The first kappa shape index (κ1) is 12.0. The molecule has 0 spiro atoms. The van der Waals surface area contributed by atoms with E-state index in [2.05, 4.69) is 10.8 Å². The molecule has 5 nitrogen and oxygen atoms in total. The van der Waals surface area contributed by atoms with Gasteiger partial charge in [-0.1, -0.05) is 18.2 Å². The maximum absolute atomic E-state index is 11.8. The Balaban J connectivity index is 1.62. The van der Waals surface area contributed by atoms with Gasteiger partial charge in [0.05, 0.1) is 5.92 Å². The molecule has 0 saturated heterocycles. The Morgan fingerprint density at radius 2 is 2.16 bits per heavy atom. The highest BCUT2D eigenvalue weighted by molar-refractivity contribution is 5.85. The molecule has 2 N–H and O–H groups in total. The molecule has 1 heterocycles. The molecular weight excluding hydrogens is 244 g/mol. The van der Waals surface area contributed by atoms with Crippen LogP contribution < -0.4 is 15.6 Å². The van der Waals surface area contributed by atoms with Gasteiger partial charge in [-0.2, -0.15) is 5.48 Å². The molecule has 1 aromatic rings. The zero-order valence-corrected chi connectivity index (χ0v) is 10.5. The smallest absolute Gasteiger partial charge is 0.260 e. The topological polar surface area (TPSA) is 67.4 Å². The van der Waals surface area contributed by atoms with E-state index in [0.717, 1.165) is 18.4 Å². The molecule has 5 heteroatoms. The van der Waals surface area contributed by atoms with E-state index >= 15 is 0 Å². The number of para-hydroxylation sites is 1. The van der Waals surface area contributed by atoms with Gasteiger partial charge in [-0.3, -0.25) is 9.59 Å². The Morgan fingerprint density at radius 3 is 2.95 bits per heavy atom. The number of benzene rings is 1. The van der Waals surface area contributed by atoms with E-state index in [0.29, 0.717) is 18.7 Å². The number of carbonyl (C=O) groups excluding carboxylic acids is 2. The van der Waals surface area contributed by atoms with E-state index in [1.807, 2.05) is 24.3 Å². The highest BCUT2D eigenvalue weighted by Crippen LogP contribution is 2.32. The van der Waals surface area contributed by atoms with Crippen molar-refractivity contribution in [1.82, 2.24) is 10.8 Å². The van der Waals surface area contributed by atoms with Gasteiger partial charge in [0.1, 0.15) is 0 Å². The predicted octanol–water partition coefficient (Wildman–Crippen LogP) is 1.11. The van der Waals surface area contributed by atoms with E-state index in [1.54, 1.807) is 0 Å². The number of hydrogen-bond acceptors (Lipinski definition) is 3. The van der Waals surface area contributed by atoms with Crippen LogP contribution in [0.25, 0.3) is 0 Å². The minimum absolute atomic E-state index is 0.112. The fourth-order valence-corrected chi connectivity index (χ4v) is 2.30. The van der Waals surface area contributed by atoms with Crippen LogP contribution in [0.3, 0.4) is 0 Å². The first-order valence-corrected chi connectivity index (χ1v) is 6.59. The van der Waals surface area contributed by atoms with Crippen molar-refractivity contribution in [3.05, 3.63) is 29.8 Å². The summed E-state index contributed by atoms with van der Waals surface area (Å²) >= 11 is 0. The molecule has 19 heavy (non-hydrogen) atoms. The van der Waals surface area contributed by atoms with Crippen LogP contribution in [0.15, 0.2) is 24.3 Å². The number of carbonyl (C=O) groups is 2. The Labute approximate surface area is 111 Å². The molecule has 1 unspecified atom stereocenters. The third-order valence-electron chi connectivity index (χ3n) is 3.55. The molecule has 2 amide bonds. The van der Waals surface area contributed by atoms with Gasteiger partial charge < -0.3 is 10.2 Å². The number of hydroxylamine groups is 1. The zero-order chi connectivity index (χ0) is 13.2. The summed E-state index contributed by atoms with van der Waals surface area (Å²) in [5.74, 6) is 0.584. The van der Waals surface area contributed by atoms with Crippen molar-refractivity contribution in [3.63, 3.8) is 0 Å². The van der Waals surface area contributed by atoms with E-state index in [4.69, 9.17) is 4.84 Å². The molecule has 100 valence electrons. The minimum Gasteiger partial charge on any atom is -0.379 e. The largest absolute Gasteiger partial charge is 0.379 e. The van der Waals surface area contributed by atoms with Gasteiger partial charge in [-0.25, -0.2) is 0 Å². The molecule has 3 rings (SSSR count). The summed E-state index contributed by atoms with van der Waals surface area (Å²) in [5.41, 5.74) is 3.29. The maximum Gasteiger partial charge on any atom is 0.260 e. The zero-order valence-electron chi connectivity index (χ0n) is 10.5. The lowest BCUT2D eigenvalue weighted by atomic mass is 9.93. The van der Waals surface area contributed by atoms with Gasteiger partial charge in [0.25, 0.3) is 5.91 Å². The first-order chi connectivity index (χ1) is 9.25. The summed E-state index contributed by atoms with van der Waals surface area (Å²) in [6.45, 7) is 0.516. The van der Waals surface area contributed by atoms with Crippen LogP contribution in [0.1, 0.15) is 30.7 Å². The van der Waals surface area contributed by atoms with E-state index in [-0.39, 0.29) is 23.7 Å². The second-order valence-electron chi connectivity index (χ2n) is 5.01. The summed E-state index contributed by atoms with van der Waals surface area (Å²) in [5, 5.41) is 2.88. The van der Waals surface area contributed by atoms with Gasteiger partial charge in [0.2, 0.25) is 5.91 Å². The predicted molar refractivity (Wildman–Crippen MR) is 68.3 cm³/mol. The monoisotopic (exact) mass is 260 g/mol. The lowest BCUT2D eigenvalue weighted by molar-refractivity contribution is -0.131. The van der Waals surface area contributed by atoms with E-state index in [1.165, 1.54) is 0 Å². The van der Waals surface area contributed by atoms with Crippen LogP contribution >= 0.6 is 0 Å². The number of nitrogens with one attached hydrogen (secondary N) is 2. The SMILES string of the molecule is O=C(NCCC1C(=O)NOc2ccccc21)C1CC1. The van der Waals surface area contributed by atoms with E-state index in [9.17, 15) is 9.59 Å². The summed E-state index contributed by atoms with van der Waals surface area (Å²) in [6.07, 6.45) is 2.57. The van der Waals surface area contributed by atoms with Crippen LogP contribution in [-0.2, 0) is 9.59 Å². The summed E-state index contributed by atoms with van der Waals surface area (Å²) < 4.78 is 0. The van der Waals surface area contributed by atoms with Crippen LogP contribution in [0.4, 0.5) is 0 Å². The third kappa shape index (κ3) is 2.54. The molecule has 1 aliphatic heterocycles. The first-order valence-electron chi connectivity index (χ1n) is 6.59. The Morgan fingerprint density at radius 1 is 1.37 bits per heavy atom. The average Bonchev–Trinajstić information content (AvgIpc) is 3.25. The van der Waals surface area contributed by atoms with Crippen molar-refractivity contribution in [2.24, 2.45) is 5.92 Å². The number of hydrogen-bond donors (Lipinski definition) is 2. The van der Waals surface area contributed by atoms with Crippen molar-refractivity contribution >= 4 is 11.8 Å². The average molecular weight is 260 g/mol. The standard InChI is InChI=1S/C14H16N2O3/c17-13(9-5-6-9)15-8-7-11-10-3-1-2-4-12(10)19-16-14(11)18/h1-4,9,11H,5-8H2,(H,15,17)(H,16,18).